The predicted octanol–water partition coefficient (Wildman–Crippen LogP) is 16.9. The third kappa shape index (κ3) is 7.40. The molecule has 67 heavy (non-hydrogen) atoms. The molecular formula is C46H18Cl10N8O2Zn. The van der Waals surface area contributed by atoms with Gasteiger partial charge in [0.2, 0.25) is 0 Å². The summed E-state index contributed by atoms with van der Waals surface area (Å²) in [5.41, 5.74) is 2.79. The minimum absolute atomic E-state index is 0. The van der Waals surface area contributed by atoms with Gasteiger partial charge >= 0.3 is 19.5 Å². The summed E-state index contributed by atoms with van der Waals surface area (Å²) in [6, 6.07) is 21.9. The second-order valence-corrected chi connectivity index (χ2v) is 18.6. The van der Waals surface area contributed by atoms with Crippen LogP contribution in [0.2, 0.25) is 50.2 Å². The Morgan fingerprint density at radius 3 is 1.16 bits per heavy atom. The molecule has 0 atom stereocenters. The van der Waals surface area contributed by atoms with Gasteiger partial charge in [-0.25, -0.2) is 9.97 Å². The van der Waals surface area contributed by atoms with Crippen LogP contribution < -0.4 is 19.4 Å². The van der Waals surface area contributed by atoms with Gasteiger partial charge in [-0.3, -0.25) is 0 Å². The van der Waals surface area contributed by atoms with Crippen molar-refractivity contribution in [3.63, 3.8) is 0 Å². The van der Waals surface area contributed by atoms with E-state index in [0.29, 0.717) is 22.3 Å². The fourth-order valence-electron chi connectivity index (χ4n) is 7.70. The van der Waals surface area contributed by atoms with Crippen molar-refractivity contribution in [3.05, 3.63) is 134 Å². The Balaban J connectivity index is 0.00000525. The Hall–Kier alpha value is -4.20. The van der Waals surface area contributed by atoms with Gasteiger partial charge in [-0.05, 0) is 47.9 Å². The van der Waals surface area contributed by atoms with Crippen molar-refractivity contribution in [2.45, 2.75) is 13.8 Å². The molecule has 0 spiro atoms. The number of rotatable bonds is 4. The van der Waals surface area contributed by atoms with Gasteiger partial charge in [0.25, 0.3) is 0 Å². The fourth-order valence-corrected chi connectivity index (χ4v) is 10.4. The molecule has 3 aromatic heterocycles. The summed E-state index contributed by atoms with van der Waals surface area (Å²) in [5, 5.41) is 1.39. The average Bonchev–Trinajstić information content (AvgIpc) is 4.05. The number of fused-ring (bicyclic) bond motifs is 20. The Kier molecular flexibility index (Phi) is 12.3. The van der Waals surface area contributed by atoms with Gasteiger partial charge < -0.3 is 39.4 Å². The minimum atomic E-state index is -0.0491. The molecule has 0 saturated carbocycles. The number of halogens is 10. The number of benzene rings is 6. The van der Waals surface area contributed by atoms with E-state index in [0.717, 1.165) is 11.1 Å². The van der Waals surface area contributed by atoms with E-state index in [4.69, 9.17) is 165 Å². The fraction of sp³-hybridized carbons (Fsp3) is 0.0435. The number of para-hydroxylation sites is 2. The molecule has 0 amide bonds. The Morgan fingerprint density at radius 2 is 0.701 bits per heavy atom. The number of hydrogen-bond acceptors (Lipinski definition) is 8. The van der Waals surface area contributed by atoms with Crippen LogP contribution in [-0.2, 0) is 19.5 Å². The van der Waals surface area contributed by atoms with E-state index in [1.165, 1.54) is 0 Å². The van der Waals surface area contributed by atoms with Crippen LogP contribution in [0.1, 0.15) is 11.1 Å². The summed E-state index contributed by atoms with van der Waals surface area (Å²) in [6.45, 7) is 3.74. The van der Waals surface area contributed by atoms with E-state index in [9.17, 15) is 0 Å². The van der Waals surface area contributed by atoms with Crippen molar-refractivity contribution in [2.24, 2.45) is 0 Å². The van der Waals surface area contributed by atoms with E-state index < -0.39 is 0 Å². The Morgan fingerprint density at radius 1 is 0.358 bits per heavy atom. The van der Waals surface area contributed by atoms with Crippen LogP contribution in [0.25, 0.3) is 89.7 Å². The molecule has 0 N–H and O–H groups in total. The van der Waals surface area contributed by atoms with Crippen LogP contribution in [-0.4, -0.2) is 29.9 Å². The smallest absolute Gasteiger partial charge is 0.454 e. The molecule has 9 aromatic rings. The van der Waals surface area contributed by atoms with E-state index in [1.807, 2.05) is 68.4 Å². The Labute approximate surface area is 441 Å². The number of aryl methyl sites for hydroxylation is 2. The summed E-state index contributed by atoms with van der Waals surface area (Å²) in [5.74, 6) is 1.07. The molecule has 326 valence electrons. The molecule has 2 aliphatic rings. The predicted molar refractivity (Wildman–Crippen MR) is 267 cm³/mol. The summed E-state index contributed by atoms with van der Waals surface area (Å²) in [6.07, 6.45) is 0. The topological polar surface area (TPSA) is 124 Å². The van der Waals surface area contributed by atoms with Crippen molar-refractivity contribution in [1.82, 2.24) is 39.9 Å². The molecule has 0 fully saturated rings. The van der Waals surface area contributed by atoms with Gasteiger partial charge in [0.05, 0.1) is 63.5 Å². The third-order valence-corrected chi connectivity index (χ3v) is 15.1. The molecule has 5 heterocycles. The first-order valence-electron chi connectivity index (χ1n) is 19.3. The molecule has 10 nitrogen and oxygen atoms in total. The molecule has 8 bridgehead atoms. The third-order valence-electron chi connectivity index (χ3n) is 10.9. The number of aromatic nitrogens is 8. The molecule has 0 saturated heterocycles. The first-order chi connectivity index (χ1) is 31.7. The zero-order valence-corrected chi connectivity index (χ0v) is 44.3. The number of ether oxygens (including phenoxy) is 2. The van der Waals surface area contributed by atoms with E-state index in [-0.39, 0.29) is 160 Å². The van der Waals surface area contributed by atoms with Crippen molar-refractivity contribution >= 4 is 160 Å². The largest absolute Gasteiger partial charge is 2.00 e. The van der Waals surface area contributed by atoms with Crippen LogP contribution in [0.3, 0.4) is 0 Å². The summed E-state index contributed by atoms with van der Waals surface area (Å²) < 4.78 is 12.7. The normalized spacial score (nSPS) is 11.8. The molecule has 21 heteroatoms. The van der Waals surface area contributed by atoms with Crippen molar-refractivity contribution < 1.29 is 29.0 Å². The number of hydrogen-bond donors (Lipinski definition) is 0. The van der Waals surface area contributed by atoms with Gasteiger partial charge in [-0.2, -0.15) is 0 Å². The van der Waals surface area contributed by atoms with Crippen molar-refractivity contribution in [1.29, 1.82) is 0 Å². The monoisotopic (exact) mass is 1130 g/mol. The maximum Gasteiger partial charge on any atom is 2.00 e. The van der Waals surface area contributed by atoms with Crippen molar-refractivity contribution in [2.75, 3.05) is 0 Å². The van der Waals surface area contributed by atoms with Gasteiger partial charge in [0.1, 0.15) is 21.5 Å². The van der Waals surface area contributed by atoms with E-state index >= 15 is 0 Å². The molecule has 0 aliphatic carbocycles. The van der Waals surface area contributed by atoms with Crippen molar-refractivity contribution in [3.8, 4) is 68.5 Å². The number of nitrogens with zero attached hydrogens (tertiary/aromatic N) is 8. The van der Waals surface area contributed by atoms with Crippen LogP contribution in [0.5, 0.6) is 23.0 Å². The maximum absolute atomic E-state index is 7.34. The van der Waals surface area contributed by atoms with Gasteiger partial charge in [0, 0.05) is 55.6 Å². The van der Waals surface area contributed by atoms with Gasteiger partial charge in [-0.1, -0.05) is 177 Å². The molecule has 2 aliphatic heterocycles. The van der Waals surface area contributed by atoms with E-state index in [2.05, 4.69) is 0 Å². The van der Waals surface area contributed by atoms with Crippen LogP contribution in [0, 0.1) is 13.8 Å². The summed E-state index contributed by atoms with van der Waals surface area (Å²) in [7, 11) is 0. The second kappa shape index (κ2) is 17.6. The van der Waals surface area contributed by atoms with Crippen LogP contribution >= 0.6 is 116 Å². The quantitative estimate of drug-likeness (QED) is 0.0956. The summed E-state index contributed by atoms with van der Waals surface area (Å²) in [4.78, 5) is 39.4. The molecule has 6 aromatic carbocycles. The van der Waals surface area contributed by atoms with Gasteiger partial charge in [0.15, 0.2) is 11.5 Å². The zero-order chi connectivity index (χ0) is 46.0. The van der Waals surface area contributed by atoms with Crippen LogP contribution in [0.4, 0.5) is 0 Å². The van der Waals surface area contributed by atoms with Gasteiger partial charge in [-0.15, -0.1) is 0 Å². The zero-order valence-electron chi connectivity index (χ0n) is 33.8. The molecular weight excluding hydrogens is 1120 g/mol. The first kappa shape index (κ1) is 46.5. The second-order valence-electron chi connectivity index (χ2n) is 14.8. The van der Waals surface area contributed by atoms with Crippen LogP contribution in [0.15, 0.2) is 72.8 Å². The standard InChI is InChI=1S/C46H18Cl10N8O2.Zn/c1-15-9-3-7-13-19(15)65-37-31(51)25-23(29(49)35(37)55)42-59-40-18-12-6-5-11-17(18)39(57-40)58-41-21-22(28(48)34(54)33(53)27(21)47)43(60-41)62-44-24-26(46(63-44)64-45(25)61-42)32(52)38(36(56)30(24)50)66-20-14-8-4-10-16(20)2;/h3-14H,1-2H3;/q-2;+2. The average molecular weight is 1130 g/mol. The SMILES string of the molecule is Cc1ccccc1Oc1c(Cl)c(Cl)c2c(c1Cl)-c1nc-2nc2[n-]c(nc3nc(nc4[n-]c(n1)c1c(Cl)c(Oc5ccccc5C)c(Cl)c(Cl)c41)-c1c(Cl)c(Cl)c(Cl)c(Cl)c1-3)c1ccccc21.[Zn+2]. The van der Waals surface area contributed by atoms with E-state index in [1.54, 1.807) is 18.2 Å². The minimum Gasteiger partial charge on any atom is -0.454 e. The molecule has 0 unspecified atom stereocenters. The summed E-state index contributed by atoms with van der Waals surface area (Å²) >= 11 is 70.4. The molecule has 0 radical (unpaired) electrons. The Bertz CT molecular complexity index is 3850. The first-order valence-corrected chi connectivity index (χ1v) is 23.0. The maximum atomic E-state index is 7.34. The molecule has 11 rings (SSSR count).